The second-order valence-corrected chi connectivity index (χ2v) is 5.11. The summed E-state index contributed by atoms with van der Waals surface area (Å²) in [5.41, 5.74) is 0.410. The lowest BCUT2D eigenvalue weighted by molar-refractivity contribution is -0.00539. The average Bonchev–Trinajstić information content (AvgIpc) is 2.08. The van der Waals surface area contributed by atoms with Gasteiger partial charge in [-0.05, 0) is 38.3 Å². The van der Waals surface area contributed by atoms with Gasteiger partial charge in [-0.1, -0.05) is 20.8 Å². The van der Waals surface area contributed by atoms with E-state index in [0.29, 0.717) is 11.5 Å². The maximum absolute atomic E-state index is 9.86. The lowest BCUT2D eigenvalue weighted by atomic mass is 9.73. The van der Waals surface area contributed by atoms with Crippen molar-refractivity contribution >= 4 is 0 Å². The molecule has 2 atom stereocenters. The van der Waals surface area contributed by atoms with Crippen LogP contribution in [0.4, 0.5) is 0 Å². The first-order valence-corrected chi connectivity index (χ1v) is 5.34. The molecule has 1 saturated carbocycles. The van der Waals surface area contributed by atoms with Gasteiger partial charge in [0, 0.05) is 6.04 Å². The minimum atomic E-state index is -0.113. The van der Waals surface area contributed by atoms with Gasteiger partial charge in [0.2, 0.25) is 0 Å². The molecule has 0 bridgehead atoms. The van der Waals surface area contributed by atoms with Crippen molar-refractivity contribution in [3.63, 3.8) is 0 Å². The van der Waals surface area contributed by atoms with Gasteiger partial charge in [0.25, 0.3) is 0 Å². The maximum Gasteiger partial charge on any atom is 0.0695 e. The van der Waals surface area contributed by atoms with E-state index in [9.17, 15) is 5.11 Å². The highest BCUT2D eigenvalue weighted by molar-refractivity contribution is 4.89. The zero-order valence-electron chi connectivity index (χ0n) is 9.38. The van der Waals surface area contributed by atoms with Crippen LogP contribution in [0.5, 0.6) is 0 Å². The second-order valence-electron chi connectivity index (χ2n) is 5.11. The summed E-state index contributed by atoms with van der Waals surface area (Å²) in [6.07, 6.45) is 3.13. The third kappa shape index (κ3) is 2.68. The Morgan fingerprint density at radius 2 is 2.08 bits per heavy atom. The Kier molecular flexibility index (Phi) is 3.36. The monoisotopic (exact) mass is 185 g/mol. The van der Waals surface area contributed by atoms with Gasteiger partial charge in [-0.25, -0.2) is 0 Å². The van der Waals surface area contributed by atoms with E-state index in [4.69, 9.17) is 0 Å². The van der Waals surface area contributed by atoms with Crippen LogP contribution in [-0.4, -0.2) is 35.7 Å². The van der Waals surface area contributed by atoms with Gasteiger partial charge in [-0.15, -0.1) is 0 Å². The summed E-state index contributed by atoms with van der Waals surface area (Å²) in [4.78, 5) is 2.27. The summed E-state index contributed by atoms with van der Waals surface area (Å²) in [6.45, 7) is 7.77. The molecule has 0 aromatic rings. The molecular weight excluding hydrogens is 162 g/mol. The second kappa shape index (κ2) is 3.97. The summed E-state index contributed by atoms with van der Waals surface area (Å²) in [5.74, 6) is 0. The van der Waals surface area contributed by atoms with Crippen LogP contribution >= 0.6 is 0 Å². The highest BCUT2D eigenvalue weighted by Gasteiger charge is 2.35. The van der Waals surface area contributed by atoms with Crippen LogP contribution in [-0.2, 0) is 0 Å². The molecule has 1 fully saturated rings. The van der Waals surface area contributed by atoms with E-state index >= 15 is 0 Å². The molecule has 1 rings (SSSR count). The minimum absolute atomic E-state index is 0.113. The van der Waals surface area contributed by atoms with E-state index in [1.807, 2.05) is 0 Å². The summed E-state index contributed by atoms with van der Waals surface area (Å²) in [6, 6.07) is 0.369. The molecule has 0 aromatic heterocycles. The van der Waals surface area contributed by atoms with E-state index in [2.05, 4.69) is 32.7 Å². The van der Waals surface area contributed by atoms with E-state index < -0.39 is 0 Å². The van der Waals surface area contributed by atoms with Gasteiger partial charge < -0.3 is 10.0 Å². The third-order valence-corrected chi connectivity index (χ3v) is 3.39. The molecule has 0 aliphatic heterocycles. The van der Waals surface area contributed by atoms with Crippen molar-refractivity contribution in [1.82, 2.24) is 4.90 Å². The van der Waals surface area contributed by atoms with Crippen molar-refractivity contribution in [3.8, 4) is 0 Å². The molecule has 0 amide bonds. The van der Waals surface area contributed by atoms with Gasteiger partial charge in [0.15, 0.2) is 0 Å². The van der Waals surface area contributed by atoms with Crippen molar-refractivity contribution in [2.75, 3.05) is 13.6 Å². The van der Waals surface area contributed by atoms with Gasteiger partial charge >= 0.3 is 0 Å². The molecule has 13 heavy (non-hydrogen) atoms. The first-order chi connectivity index (χ1) is 5.96. The predicted molar refractivity (Wildman–Crippen MR) is 55.7 cm³/mol. The molecule has 1 aliphatic rings. The molecule has 2 heteroatoms. The normalized spacial score (nSPS) is 33.7. The lowest BCUT2D eigenvalue weighted by Crippen LogP contribution is -2.47. The van der Waals surface area contributed by atoms with Crippen molar-refractivity contribution in [1.29, 1.82) is 0 Å². The Bertz CT molecular complexity index is 163. The Balaban J connectivity index is 2.60. The Morgan fingerprint density at radius 3 is 2.62 bits per heavy atom. The topological polar surface area (TPSA) is 23.5 Å². The number of aliphatic hydroxyl groups is 1. The van der Waals surface area contributed by atoms with Crippen LogP contribution in [0.15, 0.2) is 0 Å². The molecule has 0 spiro atoms. The quantitative estimate of drug-likeness (QED) is 0.710. The van der Waals surface area contributed by atoms with Gasteiger partial charge in [-0.3, -0.25) is 0 Å². The van der Waals surface area contributed by atoms with Crippen molar-refractivity contribution in [2.24, 2.45) is 5.41 Å². The van der Waals surface area contributed by atoms with E-state index in [1.165, 1.54) is 0 Å². The van der Waals surface area contributed by atoms with Crippen molar-refractivity contribution < 1.29 is 5.11 Å². The van der Waals surface area contributed by atoms with Gasteiger partial charge in [0.05, 0.1) is 6.10 Å². The molecule has 0 heterocycles. The molecule has 2 unspecified atom stereocenters. The summed E-state index contributed by atoms with van der Waals surface area (Å²) < 4.78 is 0. The summed E-state index contributed by atoms with van der Waals surface area (Å²) in [7, 11) is 2.11. The summed E-state index contributed by atoms with van der Waals surface area (Å²) >= 11 is 0. The van der Waals surface area contributed by atoms with Crippen LogP contribution in [0.1, 0.15) is 40.0 Å². The smallest absolute Gasteiger partial charge is 0.0695 e. The molecule has 0 saturated heterocycles. The van der Waals surface area contributed by atoms with Crippen molar-refractivity contribution in [2.45, 2.75) is 52.2 Å². The fourth-order valence-corrected chi connectivity index (χ4v) is 2.22. The van der Waals surface area contributed by atoms with Crippen LogP contribution < -0.4 is 0 Å². The number of likely N-dealkylation sites (N-methyl/N-ethyl adjacent to an activating group) is 1. The zero-order valence-corrected chi connectivity index (χ0v) is 9.38. The first kappa shape index (κ1) is 11.0. The fourth-order valence-electron chi connectivity index (χ4n) is 2.22. The molecule has 2 nitrogen and oxygen atoms in total. The van der Waals surface area contributed by atoms with E-state index in [1.54, 1.807) is 0 Å². The predicted octanol–water partition coefficient (Wildman–Crippen LogP) is 1.88. The number of hydrogen-bond donors (Lipinski definition) is 1. The number of rotatable bonds is 2. The highest BCUT2D eigenvalue weighted by Crippen LogP contribution is 2.36. The Morgan fingerprint density at radius 1 is 1.46 bits per heavy atom. The minimum Gasteiger partial charge on any atom is -0.391 e. The zero-order chi connectivity index (χ0) is 10.1. The first-order valence-electron chi connectivity index (χ1n) is 5.34. The van der Waals surface area contributed by atoms with Gasteiger partial charge in [-0.2, -0.15) is 0 Å². The number of nitrogens with zero attached hydrogens (tertiary/aromatic N) is 1. The molecule has 78 valence electrons. The largest absolute Gasteiger partial charge is 0.391 e. The van der Waals surface area contributed by atoms with E-state index in [0.717, 1.165) is 25.8 Å². The Hall–Kier alpha value is -0.0800. The average molecular weight is 185 g/mol. The fraction of sp³-hybridized carbons (Fsp3) is 1.00. The standard InChI is InChI=1S/C11H23NO/c1-5-12(4)9-8-11(2,3)7-6-10(9)13/h9-10,13H,5-8H2,1-4H3. The van der Waals surface area contributed by atoms with Crippen LogP contribution in [0.25, 0.3) is 0 Å². The SMILES string of the molecule is CCN(C)C1CC(C)(C)CCC1O. The molecule has 0 radical (unpaired) electrons. The van der Waals surface area contributed by atoms with Crippen LogP contribution in [0.2, 0.25) is 0 Å². The highest BCUT2D eigenvalue weighted by atomic mass is 16.3. The van der Waals surface area contributed by atoms with Gasteiger partial charge in [0.1, 0.15) is 0 Å². The molecule has 1 N–H and O–H groups in total. The van der Waals surface area contributed by atoms with Crippen molar-refractivity contribution in [3.05, 3.63) is 0 Å². The molecule has 0 aromatic carbocycles. The van der Waals surface area contributed by atoms with E-state index in [-0.39, 0.29) is 6.10 Å². The number of aliphatic hydroxyl groups excluding tert-OH is 1. The lowest BCUT2D eigenvalue weighted by Gasteiger charge is -2.42. The third-order valence-electron chi connectivity index (χ3n) is 3.39. The Labute approximate surface area is 81.9 Å². The maximum atomic E-state index is 9.86. The molecule has 1 aliphatic carbocycles. The van der Waals surface area contributed by atoms with Crippen LogP contribution in [0.3, 0.4) is 0 Å². The van der Waals surface area contributed by atoms with Crippen LogP contribution in [0, 0.1) is 5.41 Å². The summed E-state index contributed by atoms with van der Waals surface area (Å²) in [5, 5.41) is 9.86. The molecular formula is C11H23NO. The number of hydrogen-bond acceptors (Lipinski definition) is 2.